The summed E-state index contributed by atoms with van der Waals surface area (Å²) in [4.78, 5) is 0. The Bertz CT molecular complexity index is 315. The number of rotatable bonds is 4. The molecule has 0 radical (unpaired) electrons. The Balaban J connectivity index is 2.43. The molecule has 0 saturated carbocycles. The molecule has 0 bridgehead atoms. The molecule has 0 spiro atoms. The fraction of sp³-hybridized carbons (Fsp3) is 0.833. The van der Waals surface area contributed by atoms with Crippen molar-refractivity contribution in [3.63, 3.8) is 0 Å². The molecule has 1 heterocycles. The molecule has 0 aromatic carbocycles. The first-order chi connectivity index (χ1) is 7.66. The number of nitrogens with one attached hydrogen (secondary N) is 1. The Kier molecular flexibility index (Phi) is 4.27. The third-order valence-corrected chi connectivity index (χ3v) is 1.91. The smallest absolute Gasteiger partial charge is 0.242 e. The first kappa shape index (κ1) is 14.1. The maximum Gasteiger partial charge on any atom is 0.242 e. The molecule has 5 nitrogen and oxygen atoms in total. The first-order valence-electron chi connectivity index (χ1n) is 5.86. The van der Waals surface area contributed by atoms with Gasteiger partial charge in [-0.1, -0.05) is 0 Å². The van der Waals surface area contributed by atoms with E-state index in [4.69, 9.17) is 9.15 Å². The molecule has 17 heavy (non-hydrogen) atoms. The highest BCUT2D eigenvalue weighted by molar-refractivity contribution is 4.82. The lowest BCUT2D eigenvalue weighted by atomic mass is 10.1. The number of ether oxygens (including phenoxy) is 1. The summed E-state index contributed by atoms with van der Waals surface area (Å²) in [6, 6.07) is 0. The molecular formula is C12H23N3O2. The summed E-state index contributed by atoms with van der Waals surface area (Å²) in [5.41, 5.74) is -0.158. The van der Waals surface area contributed by atoms with Crippen molar-refractivity contribution < 1.29 is 9.15 Å². The van der Waals surface area contributed by atoms with Crippen molar-refractivity contribution in [3.8, 4) is 0 Å². The third kappa shape index (κ3) is 6.38. The van der Waals surface area contributed by atoms with Gasteiger partial charge in [0.2, 0.25) is 11.8 Å². The third-order valence-electron chi connectivity index (χ3n) is 1.91. The van der Waals surface area contributed by atoms with Crippen molar-refractivity contribution >= 4 is 0 Å². The lowest BCUT2D eigenvalue weighted by Gasteiger charge is -2.19. The van der Waals surface area contributed by atoms with Crippen LogP contribution >= 0.6 is 0 Å². The maximum absolute atomic E-state index is 5.56. The van der Waals surface area contributed by atoms with E-state index in [1.165, 1.54) is 0 Å². The van der Waals surface area contributed by atoms with Crippen LogP contribution in [-0.2, 0) is 17.9 Å². The van der Waals surface area contributed by atoms with Gasteiger partial charge in [-0.05, 0) is 41.5 Å². The lowest BCUT2D eigenvalue weighted by Crippen LogP contribution is -2.35. The van der Waals surface area contributed by atoms with Gasteiger partial charge in [0.05, 0.1) is 12.1 Å². The Hall–Kier alpha value is -0.940. The van der Waals surface area contributed by atoms with Crippen LogP contribution in [0.5, 0.6) is 0 Å². The Labute approximate surface area is 103 Å². The van der Waals surface area contributed by atoms with Crippen LogP contribution in [0.4, 0.5) is 0 Å². The predicted molar refractivity (Wildman–Crippen MR) is 65.4 cm³/mol. The Morgan fingerprint density at radius 3 is 2.18 bits per heavy atom. The highest BCUT2D eigenvalue weighted by Crippen LogP contribution is 2.11. The van der Waals surface area contributed by atoms with Crippen LogP contribution in [0.3, 0.4) is 0 Å². The Morgan fingerprint density at radius 2 is 1.65 bits per heavy atom. The van der Waals surface area contributed by atoms with Crippen molar-refractivity contribution in [2.45, 2.75) is 65.8 Å². The van der Waals surface area contributed by atoms with Crippen LogP contribution in [0.25, 0.3) is 0 Å². The molecule has 0 aliphatic rings. The second kappa shape index (κ2) is 5.14. The van der Waals surface area contributed by atoms with Gasteiger partial charge in [-0.3, -0.25) is 0 Å². The quantitative estimate of drug-likeness (QED) is 0.876. The number of hydrogen-bond donors (Lipinski definition) is 1. The fourth-order valence-electron chi connectivity index (χ4n) is 1.04. The molecule has 0 aliphatic heterocycles. The molecule has 1 rings (SSSR count). The molecule has 1 aromatic rings. The minimum Gasteiger partial charge on any atom is -0.421 e. The average molecular weight is 241 g/mol. The minimum atomic E-state index is -0.196. The maximum atomic E-state index is 5.56. The van der Waals surface area contributed by atoms with Gasteiger partial charge >= 0.3 is 0 Å². The molecule has 0 fully saturated rings. The van der Waals surface area contributed by atoms with E-state index in [2.05, 4.69) is 36.3 Å². The normalized spacial score (nSPS) is 13.1. The van der Waals surface area contributed by atoms with Crippen LogP contribution in [0.2, 0.25) is 0 Å². The lowest BCUT2D eigenvalue weighted by molar-refractivity contribution is -0.0247. The van der Waals surface area contributed by atoms with Gasteiger partial charge in [-0.15, -0.1) is 10.2 Å². The van der Waals surface area contributed by atoms with Gasteiger partial charge in [-0.25, -0.2) is 0 Å². The van der Waals surface area contributed by atoms with Gasteiger partial charge in [0.1, 0.15) is 6.61 Å². The van der Waals surface area contributed by atoms with Crippen molar-refractivity contribution in [2.75, 3.05) is 0 Å². The topological polar surface area (TPSA) is 60.2 Å². The summed E-state index contributed by atoms with van der Waals surface area (Å²) in [5.74, 6) is 1.11. The van der Waals surface area contributed by atoms with E-state index >= 15 is 0 Å². The van der Waals surface area contributed by atoms with Crippen LogP contribution in [0, 0.1) is 0 Å². The highest BCUT2D eigenvalue weighted by Gasteiger charge is 2.15. The largest absolute Gasteiger partial charge is 0.421 e. The summed E-state index contributed by atoms with van der Waals surface area (Å²) in [7, 11) is 0. The predicted octanol–water partition coefficient (Wildman–Crippen LogP) is 2.27. The number of hydrogen-bond acceptors (Lipinski definition) is 5. The van der Waals surface area contributed by atoms with Crippen molar-refractivity contribution in [1.82, 2.24) is 15.5 Å². The van der Waals surface area contributed by atoms with E-state index in [9.17, 15) is 0 Å². The SMILES string of the molecule is CC(C)(C)NCc1nnc(COC(C)(C)C)o1. The van der Waals surface area contributed by atoms with E-state index in [0.717, 1.165) is 0 Å². The van der Waals surface area contributed by atoms with Crippen LogP contribution in [0.1, 0.15) is 53.3 Å². The standard InChI is InChI=1S/C12H23N3O2/c1-11(2,3)13-7-9-14-15-10(17-9)8-16-12(4,5)6/h13H,7-8H2,1-6H3. The summed E-state index contributed by atoms with van der Waals surface area (Å²) in [6.07, 6.45) is 0. The summed E-state index contributed by atoms with van der Waals surface area (Å²) in [5, 5.41) is 11.2. The molecule has 1 N–H and O–H groups in total. The molecule has 98 valence electrons. The van der Waals surface area contributed by atoms with Gasteiger partial charge in [-0.2, -0.15) is 0 Å². The van der Waals surface area contributed by atoms with Crippen molar-refractivity contribution in [2.24, 2.45) is 0 Å². The minimum absolute atomic E-state index is 0.0382. The zero-order valence-electron chi connectivity index (χ0n) is 11.6. The van der Waals surface area contributed by atoms with Crippen LogP contribution in [0.15, 0.2) is 4.42 Å². The fourth-order valence-corrected chi connectivity index (χ4v) is 1.04. The van der Waals surface area contributed by atoms with E-state index in [-0.39, 0.29) is 11.1 Å². The van der Waals surface area contributed by atoms with E-state index < -0.39 is 0 Å². The van der Waals surface area contributed by atoms with E-state index in [1.807, 2.05) is 20.8 Å². The summed E-state index contributed by atoms with van der Waals surface area (Å²) in [6.45, 7) is 13.2. The Morgan fingerprint density at radius 1 is 1.06 bits per heavy atom. The van der Waals surface area contributed by atoms with Gasteiger partial charge in [0.25, 0.3) is 0 Å². The zero-order valence-corrected chi connectivity index (χ0v) is 11.6. The molecule has 0 atom stereocenters. The van der Waals surface area contributed by atoms with Crippen LogP contribution in [-0.4, -0.2) is 21.3 Å². The molecule has 0 saturated heterocycles. The second-order valence-corrected chi connectivity index (χ2v) is 6.09. The monoisotopic (exact) mass is 241 g/mol. The van der Waals surface area contributed by atoms with Crippen molar-refractivity contribution in [3.05, 3.63) is 11.8 Å². The van der Waals surface area contributed by atoms with Gasteiger partial charge in [0, 0.05) is 5.54 Å². The molecule has 5 heteroatoms. The molecular weight excluding hydrogens is 218 g/mol. The number of nitrogens with zero attached hydrogens (tertiary/aromatic N) is 2. The first-order valence-corrected chi connectivity index (χ1v) is 5.86. The van der Waals surface area contributed by atoms with Gasteiger partial charge in [0.15, 0.2) is 0 Å². The molecule has 1 aromatic heterocycles. The zero-order chi connectivity index (χ0) is 13.1. The van der Waals surface area contributed by atoms with E-state index in [1.54, 1.807) is 0 Å². The van der Waals surface area contributed by atoms with E-state index in [0.29, 0.717) is 24.9 Å². The number of aromatic nitrogens is 2. The molecule has 0 amide bonds. The molecule has 0 aliphatic carbocycles. The summed E-state index contributed by atoms with van der Waals surface area (Å²) < 4.78 is 11.0. The average Bonchev–Trinajstić information content (AvgIpc) is 2.57. The second-order valence-electron chi connectivity index (χ2n) is 6.09. The highest BCUT2D eigenvalue weighted by atomic mass is 16.5. The van der Waals surface area contributed by atoms with Crippen molar-refractivity contribution in [1.29, 1.82) is 0 Å². The van der Waals surface area contributed by atoms with Crippen LogP contribution < -0.4 is 5.32 Å². The molecule has 0 unspecified atom stereocenters. The van der Waals surface area contributed by atoms with Gasteiger partial charge < -0.3 is 14.5 Å². The summed E-state index contributed by atoms with van der Waals surface area (Å²) >= 11 is 0.